The van der Waals surface area contributed by atoms with E-state index in [1.807, 2.05) is 0 Å². The van der Waals surface area contributed by atoms with E-state index in [0.717, 1.165) is 12.1 Å². The normalized spacial score (nSPS) is 12.6. The van der Waals surface area contributed by atoms with Crippen molar-refractivity contribution < 1.29 is 25.9 Å². The highest BCUT2D eigenvalue weighted by molar-refractivity contribution is 7.86. The molecule has 10 nitrogen and oxygen atoms in total. The molecule has 0 atom stereocenters. The zero-order valence-corrected chi connectivity index (χ0v) is 13.5. The van der Waals surface area contributed by atoms with Crippen molar-refractivity contribution in [3.8, 4) is 0 Å². The van der Waals surface area contributed by atoms with Crippen LogP contribution in [0.15, 0.2) is 56.4 Å². The number of nitrogens with zero attached hydrogens (tertiary/aromatic N) is 2. The van der Waals surface area contributed by atoms with Gasteiger partial charge in [-0.15, -0.1) is 10.2 Å². The minimum Gasteiger partial charge on any atom is -0.399 e. The fourth-order valence-electron chi connectivity index (χ4n) is 1.75. The third kappa shape index (κ3) is 4.05. The Balaban J connectivity index is 2.59. The largest absolute Gasteiger partial charge is 0.399 e. The second-order valence-electron chi connectivity index (χ2n) is 4.60. The topological polar surface area (TPSA) is 185 Å². The predicted octanol–water partition coefficient (Wildman–Crippen LogP) is 1.76. The maximum Gasteiger partial charge on any atom is 0.296 e. The van der Waals surface area contributed by atoms with E-state index in [2.05, 4.69) is 10.2 Å². The minimum absolute atomic E-state index is 0.0627. The standard InChI is InChI=1S/C12H12N4O6S2/c13-7-1-3-9(11(5-7)23(17,18)19)15-16-10-4-2-8(14)6-12(10)24(20,21)22/h1-6H,13-14H2,(H,17,18,19)(H,20,21,22). The van der Waals surface area contributed by atoms with Crippen LogP contribution in [-0.2, 0) is 20.2 Å². The van der Waals surface area contributed by atoms with E-state index in [4.69, 9.17) is 11.5 Å². The SMILES string of the molecule is Nc1ccc(N=Nc2ccc(N)cc2S(=O)(=O)O)c(S(=O)(=O)O)c1. The average Bonchev–Trinajstić information content (AvgIpc) is 2.45. The van der Waals surface area contributed by atoms with Crippen LogP contribution in [0.4, 0.5) is 22.7 Å². The van der Waals surface area contributed by atoms with Gasteiger partial charge in [0, 0.05) is 11.4 Å². The van der Waals surface area contributed by atoms with E-state index >= 15 is 0 Å². The summed E-state index contributed by atoms with van der Waals surface area (Å²) >= 11 is 0. The Hall–Kier alpha value is -2.54. The van der Waals surface area contributed by atoms with E-state index in [-0.39, 0.29) is 22.7 Å². The molecule has 0 aliphatic rings. The second kappa shape index (κ2) is 6.16. The number of rotatable bonds is 4. The number of nitrogen functional groups attached to an aromatic ring is 2. The first-order chi connectivity index (χ1) is 11.0. The average molecular weight is 372 g/mol. The zero-order valence-electron chi connectivity index (χ0n) is 11.9. The molecule has 2 rings (SSSR count). The molecule has 12 heteroatoms. The van der Waals surface area contributed by atoms with E-state index < -0.39 is 30.0 Å². The van der Waals surface area contributed by atoms with Crippen LogP contribution in [0, 0.1) is 0 Å². The van der Waals surface area contributed by atoms with Gasteiger partial charge < -0.3 is 11.5 Å². The van der Waals surface area contributed by atoms with E-state index in [1.165, 1.54) is 24.3 Å². The van der Waals surface area contributed by atoms with Gasteiger partial charge in [-0.05, 0) is 36.4 Å². The van der Waals surface area contributed by atoms with Gasteiger partial charge in [0.05, 0.1) is 0 Å². The summed E-state index contributed by atoms with van der Waals surface area (Å²) in [6, 6.07) is 6.91. The van der Waals surface area contributed by atoms with Gasteiger partial charge in [0.25, 0.3) is 20.2 Å². The third-order valence-electron chi connectivity index (χ3n) is 2.79. The molecule has 2 aromatic rings. The van der Waals surface area contributed by atoms with Crippen molar-refractivity contribution in [3.63, 3.8) is 0 Å². The molecule has 24 heavy (non-hydrogen) atoms. The fourth-order valence-corrected chi connectivity index (χ4v) is 3.06. The molecule has 0 saturated carbocycles. The first-order valence-electron chi connectivity index (χ1n) is 6.14. The molecule has 0 unspecified atom stereocenters. The van der Waals surface area contributed by atoms with Crippen molar-refractivity contribution in [2.75, 3.05) is 11.5 Å². The number of hydrogen-bond donors (Lipinski definition) is 4. The van der Waals surface area contributed by atoms with Crippen LogP contribution >= 0.6 is 0 Å². The lowest BCUT2D eigenvalue weighted by molar-refractivity contribution is 0.481. The van der Waals surface area contributed by atoms with E-state index in [9.17, 15) is 25.9 Å². The Morgan fingerprint density at radius 2 is 1.04 bits per heavy atom. The van der Waals surface area contributed by atoms with Gasteiger partial charge in [0.2, 0.25) is 0 Å². The summed E-state index contributed by atoms with van der Waals surface area (Å²) in [5, 5.41) is 7.20. The van der Waals surface area contributed by atoms with E-state index in [1.54, 1.807) is 0 Å². The molecule has 128 valence electrons. The molecule has 0 spiro atoms. The summed E-state index contributed by atoms with van der Waals surface area (Å²) in [5.41, 5.74) is 10.5. The van der Waals surface area contributed by atoms with Crippen LogP contribution in [0.1, 0.15) is 0 Å². The predicted molar refractivity (Wildman–Crippen MR) is 85.5 cm³/mol. The molecule has 0 aromatic heterocycles. The molecule has 0 amide bonds. The smallest absolute Gasteiger partial charge is 0.296 e. The molecule has 0 heterocycles. The van der Waals surface area contributed by atoms with E-state index in [0.29, 0.717) is 0 Å². The molecule has 0 fully saturated rings. The highest BCUT2D eigenvalue weighted by atomic mass is 32.2. The number of benzene rings is 2. The summed E-state index contributed by atoms with van der Waals surface area (Å²) in [6.07, 6.45) is 0. The second-order valence-corrected chi connectivity index (χ2v) is 7.38. The molecule has 0 radical (unpaired) electrons. The Bertz CT molecular complexity index is 948. The molecule has 0 bridgehead atoms. The van der Waals surface area contributed by atoms with Gasteiger partial charge in [-0.1, -0.05) is 0 Å². The van der Waals surface area contributed by atoms with Crippen LogP contribution in [0.25, 0.3) is 0 Å². The lowest BCUT2D eigenvalue weighted by Gasteiger charge is -2.05. The zero-order chi connectivity index (χ0) is 18.1. The molecule has 0 aliphatic heterocycles. The van der Waals surface area contributed by atoms with Crippen LogP contribution in [0.2, 0.25) is 0 Å². The number of hydrogen-bond acceptors (Lipinski definition) is 8. The molecule has 2 aromatic carbocycles. The van der Waals surface area contributed by atoms with Crippen molar-refractivity contribution in [1.82, 2.24) is 0 Å². The summed E-state index contributed by atoms with van der Waals surface area (Å²) < 4.78 is 63.7. The monoisotopic (exact) mass is 372 g/mol. The first kappa shape index (κ1) is 17.8. The highest BCUT2D eigenvalue weighted by Gasteiger charge is 2.18. The van der Waals surface area contributed by atoms with Crippen molar-refractivity contribution in [2.45, 2.75) is 9.79 Å². The van der Waals surface area contributed by atoms with Crippen molar-refractivity contribution >= 4 is 43.0 Å². The summed E-state index contributed by atoms with van der Waals surface area (Å²) in [5.74, 6) is 0. The van der Waals surface area contributed by atoms with Crippen molar-refractivity contribution in [1.29, 1.82) is 0 Å². The van der Waals surface area contributed by atoms with Gasteiger partial charge in [-0.25, -0.2) is 0 Å². The Morgan fingerprint density at radius 3 is 1.33 bits per heavy atom. The fraction of sp³-hybridized carbons (Fsp3) is 0. The maximum atomic E-state index is 11.3. The van der Waals surface area contributed by atoms with Gasteiger partial charge in [-0.2, -0.15) is 16.8 Å². The highest BCUT2D eigenvalue weighted by Crippen LogP contribution is 2.31. The van der Waals surface area contributed by atoms with Crippen LogP contribution in [0.5, 0.6) is 0 Å². The van der Waals surface area contributed by atoms with Crippen LogP contribution < -0.4 is 11.5 Å². The third-order valence-corrected chi connectivity index (χ3v) is 4.55. The lowest BCUT2D eigenvalue weighted by Crippen LogP contribution is -2.00. The summed E-state index contributed by atoms with van der Waals surface area (Å²) in [4.78, 5) is -1.20. The minimum atomic E-state index is -4.63. The van der Waals surface area contributed by atoms with Crippen molar-refractivity contribution in [2.24, 2.45) is 10.2 Å². The van der Waals surface area contributed by atoms with Gasteiger partial charge in [0.1, 0.15) is 21.2 Å². The molecule has 0 aliphatic carbocycles. The molecule has 0 saturated heterocycles. The van der Waals surface area contributed by atoms with Crippen LogP contribution in [0.3, 0.4) is 0 Å². The number of anilines is 2. The Kier molecular flexibility index (Phi) is 4.57. The number of nitrogens with two attached hydrogens (primary N) is 2. The summed E-state index contributed by atoms with van der Waals surface area (Å²) in [7, 11) is -9.25. The lowest BCUT2D eigenvalue weighted by atomic mass is 10.3. The molecular formula is C12H12N4O6S2. The van der Waals surface area contributed by atoms with Gasteiger partial charge >= 0.3 is 0 Å². The van der Waals surface area contributed by atoms with Crippen LogP contribution in [-0.4, -0.2) is 25.9 Å². The van der Waals surface area contributed by atoms with Gasteiger partial charge in [-0.3, -0.25) is 9.11 Å². The first-order valence-corrected chi connectivity index (χ1v) is 9.02. The van der Waals surface area contributed by atoms with Crippen molar-refractivity contribution in [3.05, 3.63) is 36.4 Å². The maximum absolute atomic E-state index is 11.3. The Morgan fingerprint density at radius 1 is 0.708 bits per heavy atom. The van der Waals surface area contributed by atoms with Gasteiger partial charge in [0.15, 0.2) is 0 Å². The quantitative estimate of drug-likeness (QED) is 0.355. The molecular weight excluding hydrogens is 360 g/mol. The summed E-state index contributed by atoms with van der Waals surface area (Å²) in [6.45, 7) is 0. The number of azo groups is 1. The molecule has 6 N–H and O–H groups in total. The Labute approximate surface area is 137 Å².